The quantitative estimate of drug-likeness (QED) is 0.530. The molecule has 8 heteroatoms. The molecule has 1 aromatic heterocycles. The lowest BCUT2D eigenvalue weighted by molar-refractivity contribution is 0.0358. The van der Waals surface area contributed by atoms with Crippen molar-refractivity contribution in [3.8, 4) is 0 Å². The second-order valence-electron chi connectivity index (χ2n) is 7.98. The number of fused-ring (bicyclic) bond motifs is 1. The van der Waals surface area contributed by atoms with Crippen molar-refractivity contribution in [2.75, 3.05) is 44.7 Å². The Morgan fingerprint density at radius 1 is 1.22 bits per heavy atom. The number of aryl methyl sites for hydroxylation is 1. The molecule has 2 N–H and O–H groups in total. The molecule has 168 valence electrons. The fourth-order valence-electron chi connectivity index (χ4n) is 3.77. The highest BCUT2D eigenvalue weighted by atomic mass is 35.5. The molecule has 0 amide bonds. The lowest BCUT2D eigenvalue weighted by atomic mass is 10.1. The van der Waals surface area contributed by atoms with E-state index in [4.69, 9.17) is 28.6 Å². The van der Waals surface area contributed by atoms with Gasteiger partial charge >= 0.3 is 0 Å². The second kappa shape index (κ2) is 10.4. The van der Waals surface area contributed by atoms with Crippen LogP contribution in [0.5, 0.6) is 0 Å². The van der Waals surface area contributed by atoms with Gasteiger partial charge in [-0.1, -0.05) is 29.8 Å². The van der Waals surface area contributed by atoms with Crippen molar-refractivity contribution in [1.29, 1.82) is 0 Å². The van der Waals surface area contributed by atoms with Crippen molar-refractivity contribution in [2.24, 2.45) is 0 Å². The van der Waals surface area contributed by atoms with E-state index in [2.05, 4.69) is 20.1 Å². The third kappa shape index (κ3) is 5.66. The Morgan fingerprint density at radius 3 is 2.72 bits per heavy atom. The number of rotatable bonds is 6. The third-order valence-electron chi connectivity index (χ3n) is 5.66. The minimum absolute atomic E-state index is 0.128. The Morgan fingerprint density at radius 2 is 1.97 bits per heavy atom. The van der Waals surface area contributed by atoms with Crippen LogP contribution in [0.15, 0.2) is 53.3 Å². The zero-order valence-corrected chi connectivity index (χ0v) is 19.6. The molecule has 32 heavy (non-hydrogen) atoms. The molecule has 0 atom stereocenters. The molecule has 6 nitrogen and oxygen atoms in total. The van der Waals surface area contributed by atoms with Crippen LogP contribution < -0.4 is 10.9 Å². The van der Waals surface area contributed by atoms with Crippen LogP contribution in [0.4, 0.5) is 5.69 Å². The van der Waals surface area contributed by atoms with Gasteiger partial charge in [-0.2, -0.15) is 0 Å². The van der Waals surface area contributed by atoms with E-state index in [1.54, 1.807) is 6.07 Å². The minimum atomic E-state index is -0.128. The maximum absolute atomic E-state index is 12.8. The van der Waals surface area contributed by atoms with E-state index in [0.717, 1.165) is 55.0 Å². The molecular weight excluding hydrogens is 444 g/mol. The predicted octanol–water partition coefficient (Wildman–Crippen LogP) is 4.02. The van der Waals surface area contributed by atoms with Crippen molar-refractivity contribution >= 4 is 45.5 Å². The van der Waals surface area contributed by atoms with Crippen LogP contribution in [0, 0.1) is 6.92 Å². The Hall–Kier alpha value is -2.45. The normalized spacial score (nSPS) is 14.4. The van der Waals surface area contributed by atoms with Gasteiger partial charge in [-0.3, -0.25) is 9.69 Å². The SMILES string of the molecule is Cc1cc2cc(CN(CCN3CCOCC3)C(=S)Nc3ccccc3)c(=O)[nH]c2cc1Cl. The smallest absolute Gasteiger partial charge is 0.253 e. The fourth-order valence-corrected chi connectivity index (χ4v) is 4.21. The van der Waals surface area contributed by atoms with Gasteiger partial charge in [0.05, 0.1) is 19.8 Å². The predicted molar refractivity (Wildman–Crippen MR) is 135 cm³/mol. The molecule has 0 unspecified atom stereocenters. The first-order valence-electron chi connectivity index (χ1n) is 10.7. The molecule has 0 aliphatic carbocycles. The number of hydrogen-bond donors (Lipinski definition) is 2. The van der Waals surface area contributed by atoms with Gasteiger partial charge in [-0.25, -0.2) is 0 Å². The molecule has 1 aliphatic heterocycles. The summed E-state index contributed by atoms with van der Waals surface area (Å²) in [5.41, 5.74) is 3.17. The van der Waals surface area contributed by atoms with Gasteiger partial charge in [0.25, 0.3) is 5.56 Å². The van der Waals surface area contributed by atoms with Gasteiger partial charge in [-0.15, -0.1) is 0 Å². The standard InChI is InChI=1S/C24H27ClN4O2S/c1-17-13-18-14-19(23(30)27-22(18)15-21(17)25)16-29(8-7-28-9-11-31-12-10-28)24(32)26-20-5-3-2-4-6-20/h2-6,13-15H,7-12,16H2,1H3,(H,26,32)(H,27,30). The summed E-state index contributed by atoms with van der Waals surface area (Å²) in [6.07, 6.45) is 0. The number of benzene rings is 2. The number of pyridine rings is 1. The lowest BCUT2D eigenvalue weighted by Gasteiger charge is -2.31. The van der Waals surface area contributed by atoms with Crippen LogP contribution in [0.1, 0.15) is 11.1 Å². The van der Waals surface area contributed by atoms with Gasteiger partial charge in [0.2, 0.25) is 0 Å². The van der Waals surface area contributed by atoms with Crippen molar-refractivity contribution in [2.45, 2.75) is 13.5 Å². The first kappa shape index (κ1) is 22.7. The molecule has 2 heterocycles. The molecule has 0 bridgehead atoms. The summed E-state index contributed by atoms with van der Waals surface area (Å²) in [4.78, 5) is 20.2. The average Bonchev–Trinajstić information content (AvgIpc) is 2.79. The first-order valence-corrected chi connectivity index (χ1v) is 11.5. The molecule has 1 fully saturated rings. The number of halogens is 1. The summed E-state index contributed by atoms with van der Waals surface area (Å²) in [5.74, 6) is 0. The van der Waals surface area contributed by atoms with E-state index in [1.807, 2.05) is 49.4 Å². The summed E-state index contributed by atoms with van der Waals surface area (Å²) in [7, 11) is 0. The topological polar surface area (TPSA) is 60.6 Å². The number of H-pyrrole nitrogens is 1. The van der Waals surface area contributed by atoms with Crippen LogP contribution >= 0.6 is 23.8 Å². The van der Waals surface area contributed by atoms with Crippen LogP contribution in [0.25, 0.3) is 10.9 Å². The summed E-state index contributed by atoms with van der Waals surface area (Å²) in [6.45, 7) is 7.23. The Bertz CT molecular complexity index is 1150. The van der Waals surface area contributed by atoms with Crippen LogP contribution in [0.2, 0.25) is 5.02 Å². The van der Waals surface area contributed by atoms with E-state index in [9.17, 15) is 4.79 Å². The minimum Gasteiger partial charge on any atom is -0.379 e. The number of hydrogen-bond acceptors (Lipinski definition) is 4. The average molecular weight is 471 g/mol. The highest BCUT2D eigenvalue weighted by Crippen LogP contribution is 2.22. The van der Waals surface area contributed by atoms with E-state index in [-0.39, 0.29) is 5.56 Å². The highest BCUT2D eigenvalue weighted by molar-refractivity contribution is 7.80. The maximum atomic E-state index is 12.8. The Labute approximate surface area is 198 Å². The third-order valence-corrected chi connectivity index (χ3v) is 6.43. The molecule has 3 aromatic rings. The number of para-hydroxylation sites is 1. The summed E-state index contributed by atoms with van der Waals surface area (Å²) < 4.78 is 5.46. The number of nitrogens with one attached hydrogen (secondary N) is 2. The van der Waals surface area contributed by atoms with Crippen molar-refractivity contribution in [3.05, 3.63) is 75.0 Å². The van der Waals surface area contributed by atoms with Crippen molar-refractivity contribution < 1.29 is 4.74 Å². The highest BCUT2D eigenvalue weighted by Gasteiger charge is 2.17. The fraction of sp³-hybridized carbons (Fsp3) is 0.333. The number of aromatic amines is 1. The van der Waals surface area contributed by atoms with Crippen LogP contribution in [-0.4, -0.2) is 59.3 Å². The van der Waals surface area contributed by atoms with E-state index in [1.165, 1.54) is 0 Å². The van der Waals surface area contributed by atoms with E-state index >= 15 is 0 Å². The molecule has 1 saturated heterocycles. The van der Waals surface area contributed by atoms with Gasteiger partial charge in [0.15, 0.2) is 5.11 Å². The summed E-state index contributed by atoms with van der Waals surface area (Å²) >= 11 is 12.0. The van der Waals surface area contributed by atoms with Gasteiger partial charge in [0.1, 0.15) is 0 Å². The lowest BCUT2D eigenvalue weighted by Crippen LogP contribution is -2.44. The molecule has 0 saturated carbocycles. The summed E-state index contributed by atoms with van der Waals surface area (Å²) in [6, 6.07) is 15.6. The molecule has 0 radical (unpaired) electrons. The van der Waals surface area contributed by atoms with Gasteiger partial charge in [0, 0.05) is 48.0 Å². The number of aromatic nitrogens is 1. The van der Waals surface area contributed by atoms with E-state index in [0.29, 0.717) is 28.8 Å². The first-order chi connectivity index (χ1) is 15.5. The molecular formula is C24H27ClN4O2S. The number of morpholine rings is 1. The number of ether oxygens (including phenoxy) is 1. The second-order valence-corrected chi connectivity index (χ2v) is 8.78. The van der Waals surface area contributed by atoms with Crippen molar-refractivity contribution in [1.82, 2.24) is 14.8 Å². The van der Waals surface area contributed by atoms with Crippen LogP contribution in [0.3, 0.4) is 0 Å². The zero-order valence-electron chi connectivity index (χ0n) is 18.1. The van der Waals surface area contributed by atoms with Crippen molar-refractivity contribution in [3.63, 3.8) is 0 Å². The Kier molecular flexibility index (Phi) is 7.42. The largest absolute Gasteiger partial charge is 0.379 e. The molecule has 0 spiro atoms. The van der Waals surface area contributed by atoms with Crippen LogP contribution in [-0.2, 0) is 11.3 Å². The maximum Gasteiger partial charge on any atom is 0.253 e. The van der Waals surface area contributed by atoms with E-state index < -0.39 is 0 Å². The Balaban J connectivity index is 1.57. The van der Waals surface area contributed by atoms with Gasteiger partial charge < -0.3 is 19.9 Å². The number of anilines is 1. The monoisotopic (exact) mass is 470 g/mol. The number of thiocarbonyl (C=S) groups is 1. The zero-order chi connectivity index (χ0) is 22.5. The molecule has 1 aliphatic rings. The van der Waals surface area contributed by atoms with Gasteiger partial charge in [-0.05, 0) is 60.4 Å². The molecule has 4 rings (SSSR count). The molecule has 2 aromatic carbocycles. The summed E-state index contributed by atoms with van der Waals surface area (Å²) in [5, 5.41) is 5.50. The number of nitrogens with zero attached hydrogens (tertiary/aromatic N) is 2.